The highest BCUT2D eigenvalue weighted by atomic mass is 19.4. The van der Waals surface area contributed by atoms with Gasteiger partial charge in [-0.25, -0.2) is 0 Å². The van der Waals surface area contributed by atoms with E-state index in [2.05, 4.69) is 4.98 Å². The normalized spacial score (nSPS) is 11.9. The van der Waals surface area contributed by atoms with Crippen molar-refractivity contribution in [3.8, 4) is 0 Å². The fourth-order valence-corrected chi connectivity index (χ4v) is 1.76. The van der Waals surface area contributed by atoms with Gasteiger partial charge in [-0.15, -0.1) is 0 Å². The number of alkyl halides is 3. The maximum Gasteiger partial charge on any atom is 0.418 e. The van der Waals surface area contributed by atoms with Crippen LogP contribution in [0.4, 0.5) is 13.2 Å². The Balaban J connectivity index is 2.61. The molecule has 90 valence electrons. The smallest absolute Gasteiger partial charge is 0.418 e. The third-order valence-electron chi connectivity index (χ3n) is 2.45. The van der Waals surface area contributed by atoms with Crippen LogP contribution >= 0.6 is 0 Å². The van der Waals surface area contributed by atoms with Crippen LogP contribution in [0.3, 0.4) is 0 Å². The molecule has 0 spiro atoms. The number of H-pyrrole nitrogens is 1. The van der Waals surface area contributed by atoms with Gasteiger partial charge in [0.05, 0.1) is 17.5 Å². The highest BCUT2D eigenvalue weighted by Crippen LogP contribution is 2.35. The number of carboxylic acids is 1. The van der Waals surface area contributed by atoms with Gasteiger partial charge in [-0.3, -0.25) is 4.79 Å². The van der Waals surface area contributed by atoms with E-state index in [4.69, 9.17) is 5.11 Å². The van der Waals surface area contributed by atoms with Crippen LogP contribution in [0, 0.1) is 0 Å². The van der Waals surface area contributed by atoms with Crippen LogP contribution < -0.4 is 0 Å². The summed E-state index contributed by atoms with van der Waals surface area (Å²) in [5.41, 5.74) is -0.513. The lowest BCUT2D eigenvalue weighted by Gasteiger charge is -2.07. The van der Waals surface area contributed by atoms with E-state index in [1.807, 2.05) is 0 Å². The van der Waals surface area contributed by atoms with Crippen molar-refractivity contribution in [2.24, 2.45) is 0 Å². The molecule has 17 heavy (non-hydrogen) atoms. The molecule has 0 saturated carbocycles. The minimum Gasteiger partial charge on any atom is -0.481 e. The standard InChI is InChI=1S/C11H8F3NO2/c12-11(13,14)8-3-1-2-7-6(4-9(16)17)5-15-10(7)8/h1-3,5,15H,4H2,(H,16,17). The molecule has 0 amide bonds. The summed E-state index contributed by atoms with van der Waals surface area (Å²) >= 11 is 0. The molecular weight excluding hydrogens is 235 g/mol. The molecule has 0 bridgehead atoms. The monoisotopic (exact) mass is 243 g/mol. The topological polar surface area (TPSA) is 53.1 Å². The van der Waals surface area contributed by atoms with Crippen LogP contribution in [0.25, 0.3) is 10.9 Å². The van der Waals surface area contributed by atoms with Crippen molar-refractivity contribution in [3.05, 3.63) is 35.5 Å². The SMILES string of the molecule is O=C(O)Cc1c[nH]c2c(C(F)(F)F)cccc12. The van der Waals surface area contributed by atoms with Crippen LogP contribution in [-0.4, -0.2) is 16.1 Å². The van der Waals surface area contributed by atoms with E-state index >= 15 is 0 Å². The number of aromatic nitrogens is 1. The molecule has 2 N–H and O–H groups in total. The molecule has 0 aliphatic carbocycles. The molecule has 0 radical (unpaired) electrons. The lowest BCUT2D eigenvalue weighted by molar-refractivity contribution is -0.137. The second kappa shape index (κ2) is 3.80. The molecule has 0 aliphatic heterocycles. The first-order chi connectivity index (χ1) is 7.89. The van der Waals surface area contributed by atoms with Gasteiger partial charge in [0.25, 0.3) is 0 Å². The molecule has 0 fully saturated rings. The summed E-state index contributed by atoms with van der Waals surface area (Å²) in [4.78, 5) is 13.0. The molecule has 0 aliphatic rings. The summed E-state index contributed by atoms with van der Waals surface area (Å²) in [5, 5.41) is 8.93. The Morgan fingerprint density at radius 2 is 2.06 bits per heavy atom. The molecule has 3 nitrogen and oxygen atoms in total. The summed E-state index contributed by atoms with van der Waals surface area (Å²) in [5.74, 6) is -1.08. The van der Waals surface area contributed by atoms with Crippen LogP contribution in [0.2, 0.25) is 0 Å². The van der Waals surface area contributed by atoms with E-state index in [0.29, 0.717) is 10.9 Å². The Morgan fingerprint density at radius 1 is 1.35 bits per heavy atom. The molecule has 2 aromatic rings. The third-order valence-corrected chi connectivity index (χ3v) is 2.45. The van der Waals surface area contributed by atoms with Crippen LogP contribution in [0.5, 0.6) is 0 Å². The Hall–Kier alpha value is -1.98. The largest absolute Gasteiger partial charge is 0.481 e. The number of carbonyl (C=O) groups is 1. The van der Waals surface area contributed by atoms with E-state index in [0.717, 1.165) is 6.07 Å². The van der Waals surface area contributed by atoms with E-state index < -0.39 is 17.7 Å². The molecular formula is C11H8F3NO2. The van der Waals surface area contributed by atoms with Crippen LogP contribution in [0.15, 0.2) is 24.4 Å². The molecule has 0 unspecified atom stereocenters. The third kappa shape index (κ3) is 2.11. The number of fused-ring (bicyclic) bond motifs is 1. The van der Waals surface area contributed by atoms with Gasteiger partial charge in [-0.1, -0.05) is 12.1 Å². The molecule has 0 atom stereocenters. The number of carboxylic acid groups (broad SMARTS) is 1. The Kier molecular flexibility index (Phi) is 2.57. The van der Waals surface area contributed by atoms with E-state index in [-0.39, 0.29) is 11.9 Å². The van der Waals surface area contributed by atoms with Gasteiger partial charge in [0.1, 0.15) is 0 Å². The first-order valence-corrected chi connectivity index (χ1v) is 4.77. The van der Waals surface area contributed by atoms with Gasteiger partial charge >= 0.3 is 12.1 Å². The Bertz CT molecular complexity index is 572. The van der Waals surface area contributed by atoms with Crippen molar-refractivity contribution in [1.82, 2.24) is 4.98 Å². The molecule has 2 rings (SSSR count). The maximum atomic E-state index is 12.7. The average molecular weight is 243 g/mol. The minimum atomic E-state index is -4.45. The number of para-hydroxylation sites is 1. The lowest BCUT2D eigenvalue weighted by Crippen LogP contribution is -2.05. The maximum absolute atomic E-state index is 12.7. The fourth-order valence-electron chi connectivity index (χ4n) is 1.76. The Morgan fingerprint density at radius 3 is 2.65 bits per heavy atom. The van der Waals surface area contributed by atoms with Crippen LogP contribution in [0.1, 0.15) is 11.1 Å². The number of rotatable bonds is 2. The summed E-state index contributed by atoms with van der Waals surface area (Å²) < 4.78 is 38.0. The number of benzene rings is 1. The fraction of sp³-hybridized carbons (Fsp3) is 0.182. The quantitative estimate of drug-likeness (QED) is 0.852. The molecule has 1 aromatic carbocycles. The van der Waals surface area contributed by atoms with E-state index in [1.165, 1.54) is 18.3 Å². The predicted molar refractivity (Wildman–Crippen MR) is 54.6 cm³/mol. The second-order valence-electron chi connectivity index (χ2n) is 3.61. The van der Waals surface area contributed by atoms with Gasteiger partial charge in [0, 0.05) is 11.6 Å². The predicted octanol–water partition coefficient (Wildman–Crippen LogP) is 2.81. The van der Waals surface area contributed by atoms with Gasteiger partial charge in [-0.2, -0.15) is 13.2 Å². The van der Waals surface area contributed by atoms with Crippen molar-refractivity contribution in [3.63, 3.8) is 0 Å². The molecule has 0 saturated heterocycles. The van der Waals surface area contributed by atoms with Crippen molar-refractivity contribution < 1.29 is 23.1 Å². The number of aromatic amines is 1. The summed E-state index contributed by atoms with van der Waals surface area (Å²) in [6.45, 7) is 0. The van der Waals surface area contributed by atoms with E-state index in [9.17, 15) is 18.0 Å². The highest BCUT2D eigenvalue weighted by Gasteiger charge is 2.33. The van der Waals surface area contributed by atoms with Crippen molar-refractivity contribution in [2.75, 3.05) is 0 Å². The average Bonchev–Trinajstić information content (AvgIpc) is 2.59. The number of hydrogen-bond acceptors (Lipinski definition) is 1. The summed E-state index contributed by atoms with van der Waals surface area (Å²) in [6.07, 6.45) is -3.46. The van der Waals surface area contributed by atoms with E-state index in [1.54, 1.807) is 0 Å². The van der Waals surface area contributed by atoms with Gasteiger partial charge in [0.15, 0.2) is 0 Å². The summed E-state index contributed by atoms with van der Waals surface area (Å²) in [6, 6.07) is 3.70. The minimum absolute atomic E-state index is 0.0729. The summed E-state index contributed by atoms with van der Waals surface area (Å²) in [7, 11) is 0. The lowest BCUT2D eigenvalue weighted by atomic mass is 10.1. The molecule has 1 heterocycles. The number of nitrogens with one attached hydrogen (secondary N) is 1. The van der Waals surface area contributed by atoms with Crippen molar-refractivity contribution in [1.29, 1.82) is 0 Å². The van der Waals surface area contributed by atoms with Crippen molar-refractivity contribution in [2.45, 2.75) is 12.6 Å². The first-order valence-electron chi connectivity index (χ1n) is 4.77. The number of halogens is 3. The Labute approximate surface area is 93.9 Å². The van der Waals surface area contributed by atoms with Crippen molar-refractivity contribution >= 4 is 16.9 Å². The number of aliphatic carboxylic acids is 1. The van der Waals surface area contributed by atoms with Gasteiger partial charge in [0.2, 0.25) is 0 Å². The zero-order valence-electron chi connectivity index (χ0n) is 8.51. The van der Waals surface area contributed by atoms with Gasteiger partial charge in [-0.05, 0) is 11.6 Å². The second-order valence-corrected chi connectivity index (χ2v) is 3.61. The highest BCUT2D eigenvalue weighted by molar-refractivity contribution is 5.89. The molecule has 6 heteroatoms. The van der Waals surface area contributed by atoms with Gasteiger partial charge < -0.3 is 10.1 Å². The first kappa shape index (κ1) is 11.5. The zero-order valence-corrected chi connectivity index (χ0v) is 8.51. The molecule has 1 aromatic heterocycles. The van der Waals surface area contributed by atoms with Crippen LogP contribution in [-0.2, 0) is 17.4 Å². The number of hydrogen-bond donors (Lipinski definition) is 2. The zero-order chi connectivity index (χ0) is 12.6.